The number of rotatable bonds is 5. The van der Waals surface area contributed by atoms with Crippen LogP contribution in [0, 0.1) is 0 Å². The fourth-order valence-electron chi connectivity index (χ4n) is 2.40. The molecule has 3 nitrogen and oxygen atoms in total. The van der Waals surface area contributed by atoms with E-state index in [2.05, 4.69) is 18.6 Å². The summed E-state index contributed by atoms with van der Waals surface area (Å²) in [5, 5.41) is 0. The first kappa shape index (κ1) is 16.0. The number of esters is 1. The molecule has 0 saturated heterocycles. The molecule has 0 heterocycles. The second-order valence-electron chi connectivity index (χ2n) is 5.92. The van der Waals surface area contributed by atoms with Gasteiger partial charge in [-0.2, -0.15) is 0 Å². The van der Waals surface area contributed by atoms with E-state index in [9.17, 15) is 9.59 Å². The standard InChI is InChI=1S/C19H20O3/c1-19(2,16-7-5-4-6-8-16)13-17(20)14-9-11-15(12-10-14)18(21)22-3/h4-12H,13H2,1-3H3. The van der Waals surface area contributed by atoms with Gasteiger partial charge in [-0.05, 0) is 23.1 Å². The topological polar surface area (TPSA) is 43.4 Å². The third kappa shape index (κ3) is 3.61. The number of carbonyl (C=O) groups is 2. The molecule has 22 heavy (non-hydrogen) atoms. The van der Waals surface area contributed by atoms with Crippen molar-refractivity contribution in [1.29, 1.82) is 0 Å². The zero-order valence-corrected chi connectivity index (χ0v) is 13.1. The summed E-state index contributed by atoms with van der Waals surface area (Å²) in [7, 11) is 1.34. The fraction of sp³-hybridized carbons (Fsp3) is 0.263. The van der Waals surface area contributed by atoms with Crippen molar-refractivity contribution < 1.29 is 14.3 Å². The summed E-state index contributed by atoms with van der Waals surface area (Å²) < 4.78 is 4.65. The van der Waals surface area contributed by atoms with E-state index in [1.54, 1.807) is 24.3 Å². The maximum Gasteiger partial charge on any atom is 0.337 e. The average Bonchev–Trinajstić information content (AvgIpc) is 2.54. The fourth-order valence-corrected chi connectivity index (χ4v) is 2.40. The summed E-state index contributed by atoms with van der Waals surface area (Å²) in [6, 6.07) is 16.6. The quantitative estimate of drug-likeness (QED) is 0.618. The van der Waals surface area contributed by atoms with Crippen molar-refractivity contribution in [3.05, 3.63) is 71.3 Å². The molecule has 0 aliphatic carbocycles. The predicted molar refractivity (Wildman–Crippen MR) is 86.2 cm³/mol. The van der Waals surface area contributed by atoms with Gasteiger partial charge in [0.05, 0.1) is 12.7 Å². The predicted octanol–water partition coefficient (Wildman–Crippen LogP) is 4.02. The lowest BCUT2D eigenvalue weighted by atomic mass is 9.79. The maximum absolute atomic E-state index is 12.5. The highest BCUT2D eigenvalue weighted by Gasteiger charge is 2.24. The van der Waals surface area contributed by atoms with Gasteiger partial charge in [-0.3, -0.25) is 4.79 Å². The van der Waals surface area contributed by atoms with Gasteiger partial charge in [0.25, 0.3) is 0 Å². The summed E-state index contributed by atoms with van der Waals surface area (Å²) in [6.45, 7) is 4.12. The van der Waals surface area contributed by atoms with Crippen molar-refractivity contribution in [3.8, 4) is 0 Å². The molecule has 0 radical (unpaired) electrons. The van der Waals surface area contributed by atoms with E-state index in [4.69, 9.17) is 0 Å². The number of hydrogen-bond donors (Lipinski definition) is 0. The van der Waals surface area contributed by atoms with Gasteiger partial charge in [0, 0.05) is 12.0 Å². The van der Waals surface area contributed by atoms with Crippen LogP contribution in [-0.4, -0.2) is 18.9 Å². The maximum atomic E-state index is 12.5. The van der Waals surface area contributed by atoms with Crippen molar-refractivity contribution in [2.24, 2.45) is 0 Å². The number of ether oxygens (including phenoxy) is 1. The Morgan fingerprint density at radius 2 is 1.45 bits per heavy atom. The third-order valence-corrected chi connectivity index (χ3v) is 3.79. The van der Waals surface area contributed by atoms with Crippen LogP contribution in [0.4, 0.5) is 0 Å². The number of methoxy groups -OCH3 is 1. The molecule has 0 N–H and O–H groups in total. The van der Waals surface area contributed by atoms with Gasteiger partial charge >= 0.3 is 5.97 Å². The molecule has 0 unspecified atom stereocenters. The van der Waals surface area contributed by atoms with E-state index >= 15 is 0 Å². The lowest BCUT2D eigenvalue weighted by Crippen LogP contribution is -2.22. The number of carbonyl (C=O) groups excluding carboxylic acids is 2. The summed E-state index contributed by atoms with van der Waals surface area (Å²) in [5.74, 6) is -0.339. The normalized spacial score (nSPS) is 11.0. The molecular formula is C19H20O3. The van der Waals surface area contributed by atoms with Crippen LogP contribution in [0.25, 0.3) is 0 Å². The summed E-state index contributed by atoms with van der Waals surface area (Å²) in [6.07, 6.45) is 0.411. The van der Waals surface area contributed by atoms with Crippen LogP contribution in [0.3, 0.4) is 0 Å². The molecule has 0 saturated carbocycles. The Morgan fingerprint density at radius 3 is 2.00 bits per heavy atom. The van der Waals surface area contributed by atoms with Crippen molar-refractivity contribution in [2.75, 3.05) is 7.11 Å². The molecule has 2 rings (SSSR count). The Morgan fingerprint density at radius 1 is 0.909 bits per heavy atom. The minimum Gasteiger partial charge on any atom is -0.465 e. The number of hydrogen-bond acceptors (Lipinski definition) is 3. The molecule has 3 heteroatoms. The van der Waals surface area contributed by atoms with E-state index in [1.165, 1.54) is 7.11 Å². The van der Waals surface area contributed by atoms with Gasteiger partial charge in [0.1, 0.15) is 0 Å². The van der Waals surface area contributed by atoms with Crippen molar-refractivity contribution in [2.45, 2.75) is 25.7 Å². The van der Waals surface area contributed by atoms with Gasteiger partial charge in [-0.1, -0.05) is 56.3 Å². The molecule has 2 aromatic rings. The van der Waals surface area contributed by atoms with Crippen LogP contribution in [0.1, 0.15) is 46.5 Å². The summed E-state index contributed by atoms with van der Waals surface area (Å²) in [4.78, 5) is 23.9. The number of Topliss-reactive ketones (excluding diaryl/α,β-unsaturated/α-hetero) is 1. The van der Waals surface area contributed by atoms with Crippen LogP contribution in [0.5, 0.6) is 0 Å². The number of benzene rings is 2. The summed E-state index contributed by atoms with van der Waals surface area (Å²) >= 11 is 0. The highest BCUT2D eigenvalue weighted by molar-refractivity contribution is 5.98. The van der Waals surface area contributed by atoms with Gasteiger partial charge in [0.2, 0.25) is 0 Å². The third-order valence-electron chi connectivity index (χ3n) is 3.79. The molecule has 0 bridgehead atoms. The smallest absolute Gasteiger partial charge is 0.337 e. The van der Waals surface area contributed by atoms with E-state index in [0.717, 1.165) is 5.56 Å². The first-order valence-electron chi connectivity index (χ1n) is 7.21. The van der Waals surface area contributed by atoms with Crippen molar-refractivity contribution in [3.63, 3.8) is 0 Å². The first-order valence-corrected chi connectivity index (χ1v) is 7.21. The Bertz CT molecular complexity index is 655. The molecule has 0 aliphatic heterocycles. The van der Waals surface area contributed by atoms with Gasteiger partial charge in [-0.25, -0.2) is 4.79 Å². The van der Waals surface area contributed by atoms with Gasteiger partial charge in [-0.15, -0.1) is 0 Å². The van der Waals surface area contributed by atoms with Gasteiger partial charge < -0.3 is 4.74 Å². The lowest BCUT2D eigenvalue weighted by Gasteiger charge is -2.24. The Balaban J connectivity index is 2.13. The molecule has 0 aliphatic rings. The Labute approximate surface area is 130 Å². The SMILES string of the molecule is COC(=O)c1ccc(C(=O)CC(C)(C)c2ccccc2)cc1. The lowest BCUT2D eigenvalue weighted by molar-refractivity contribution is 0.0600. The Hall–Kier alpha value is -2.42. The first-order chi connectivity index (χ1) is 10.4. The highest BCUT2D eigenvalue weighted by Crippen LogP contribution is 2.28. The van der Waals surface area contributed by atoms with Crippen molar-refractivity contribution in [1.82, 2.24) is 0 Å². The summed E-state index contributed by atoms with van der Waals surface area (Å²) in [5.41, 5.74) is 1.95. The van der Waals surface area contributed by atoms with Crippen LogP contribution in [0.15, 0.2) is 54.6 Å². The molecule has 0 fully saturated rings. The zero-order chi connectivity index (χ0) is 16.2. The van der Waals surface area contributed by atoms with Crippen LogP contribution < -0.4 is 0 Å². The second-order valence-corrected chi connectivity index (χ2v) is 5.92. The molecule has 114 valence electrons. The van der Waals surface area contributed by atoms with E-state index in [-0.39, 0.29) is 11.2 Å². The molecule has 2 aromatic carbocycles. The highest BCUT2D eigenvalue weighted by atomic mass is 16.5. The van der Waals surface area contributed by atoms with Crippen molar-refractivity contribution >= 4 is 11.8 Å². The van der Waals surface area contributed by atoms with E-state index in [1.807, 2.05) is 30.3 Å². The average molecular weight is 296 g/mol. The monoisotopic (exact) mass is 296 g/mol. The van der Waals surface area contributed by atoms with E-state index in [0.29, 0.717) is 17.5 Å². The largest absolute Gasteiger partial charge is 0.465 e. The zero-order valence-electron chi connectivity index (χ0n) is 13.1. The molecule has 0 amide bonds. The molecule has 0 spiro atoms. The minimum atomic E-state index is -0.399. The Kier molecular flexibility index (Phi) is 4.76. The number of ketones is 1. The van der Waals surface area contributed by atoms with Crippen LogP contribution >= 0.6 is 0 Å². The van der Waals surface area contributed by atoms with E-state index < -0.39 is 5.97 Å². The second kappa shape index (κ2) is 6.56. The molecule has 0 atom stereocenters. The minimum absolute atomic E-state index is 0.0604. The van der Waals surface area contributed by atoms with Crippen LogP contribution in [-0.2, 0) is 10.2 Å². The van der Waals surface area contributed by atoms with Gasteiger partial charge in [0.15, 0.2) is 5.78 Å². The molecule has 0 aromatic heterocycles. The van der Waals surface area contributed by atoms with Crippen LogP contribution in [0.2, 0.25) is 0 Å². The molecular weight excluding hydrogens is 276 g/mol.